The van der Waals surface area contributed by atoms with Crippen molar-refractivity contribution in [2.75, 3.05) is 0 Å². The Bertz CT molecular complexity index is 492. The van der Waals surface area contributed by atoms with Crippen molar-refractivity contribution in [1.82, 2.24) is 4.98 Å². The van der Waals surface area contributed by atoms with Crippen LogP contribution >= 0.6 is 0 Å². The number of aromatic nitrogens is 1. The highest BCUT2D eigenvalue weighted by Gasteiger charge is 2.00. The van der Waals surface area contributed by atoms with Crippen molar-refractivity contribution in [3.8, 4) is 11.3 Å². The van der Waals surface area contributed by atoms with Gasteiger partial charge in [-0.2, -0.15) is 0 Å². The molecule has 0 aliphatic rings. The molecule has 1 heterocycles. The molecule has 1 aromatic heterocycles. The number of nitrogens with two attached hydrogens (primary N) is 1. The highest BCUT2D eigenvalue weighted by atomic mass is 16.1. The first-order valence-electron chi connectivity index (χ1n) is 5.04. The van der Waals surface area contributed by atoms with Gasteiger partial charge in [-0.05, 0) is 23.8 Å². The van der Waals surface area contributed by atoms with E-state index in [1.807, 2.05) is 30.3 Å². The van der Waals surface area contributed by atoms with Crippen LogP contribution in [0.2, 0.25) is 0 Å². The number of rotatable bonds is 3. The van der Waals surface area contributed by atoms with Crippen molar-refractivity contribution >= 4 is 6.29 Å². The predicted octanol–water partition coefficient (Wildman–Crippen LogP) is 2.02. The van der Waals surface area contributed by atoms with E-state index in [1.165, 1.54) is 0 Å². The molecule has 0 bridgehead atoms. The molecule has 2 aromatic rings. The summed E-state index contributed by atoms with van der Waals surface area (Å²) in [6.07, 6.45) is 2.35. The topological polar surface area (TPSA) is 56.0 Å². The second-order valence-electron chi connectivity index (χ2n) is 3.50. The number of benzene rings is 1. The van der Waals surface area contributed by atoms with Gasteiger partial charge in [-0.25, -0.2) is 0 Å². The Hall–Kier alpha value is -2.00. The van der Waals surface area contributed by atoms with E-state index in [9.17, 15) is 4.79 Å². The molecule has 0 unspecified atom stereocenters. The SMILES string of the molecule is NCc1cccc(-c2ccc(C=O)cn2)c1. The van der Waals surface area contributed by atoms with Crippen LogP contribution in [0.4, 0.5) is 0 Å². The fourth-order valence-corrected chi connectivity index (χ4v) is 1.50. The van der Waals surface area contributed by atoms with Crippen LogP contribution in [0.15, 0.2) is 42.6 Å². The zero-order chi connectivity index (χ0) is 11.4. The molecular formula is C13H12N2O. The van der Waals surface area contributed by atoms with Crippen LogP contribution in [0.3, 0.4) is 0 Å². The highest BCUT2D eigenvalue weighted by Crippen LogP contribution is 2.17. The Kier molecular flexibility index (Phi) is 3.08. The molecule has 0 fully saturated rings. The molecule has 0 aliphatic heterocycles. The number of carbonyl (C=O) groups is 1. The Balaban J connectivity index is 2.38. The van der Waals surface area contributed by atoms with Crippen molar-refractivity contribution in [3.63, 3.8) is 0 Å². The van der Waals surface area contributed by atoms with Crippen LogP contribution in [-0.4, -0.2) is 11.3 Å². The molecule has 0 radical (unpaired) electrons. The van der Waals surface area contributed by atoms with E-state index in [0.29, 0.717) is 12.1 Å². The molecule has 16 heavy (non-hydrogen) atoms. The summed E-state index contributed by atoms with van der Waals surface area (Å²) in [6, 6.07) is 11.5. The number of pyridine rings is 1. The van der Waals surface area contributed by atoms with Crippen LogP contribution < -0.4 is 5.73 Å². The molecule has 0 saturated heterocycles. The lowest BCUT2D eigenvalue weighted by Crippen LogP contribution is -1.96. The average molecular weight is 212 g/mol. The smallest absolute Gasteiger partial charge is 0.151 e. The molecule has 1 aromatic carbocycles. The van der Waals surface area contributed by atoms with E-state index >= 15 is 0 Å². The van der Waals surface area contributed by atoms with Crippen LogP contribution in [0, 0.1) is 0 Å². The number of carbonyl (C=O) groups excluding carboxylic acids is 1. The Morgan fingerprint density at radius 2 is 2.12 bits per heavy atom. The summed E-state index contributed by atoms with van der Waals surface area (Å²) in [7, 11) is 0. The second-order valence-corrected chi connectivity index (χ2v) is 3.50. The number of aldehydes is 1. The largest absolute Gasteiger partial charge is 0.326 e. The quantitative estimate of drug-likeness (QED) is 0.792. The van der Waals surface area contributed by atoms with E-state index in [1.54, 1.807) is 12.3 Å². The average Bonchev–Trinajstić information content (AvgIpc) is 2.39. The summed E-state index contributed by atoms with van der Waals surface area (Å²) < 4.78 is 0. The third-order valence-corrected chi connectivity index (χ3v) is 2.38. The fraction of sp³-hybridized carbons (Fsp3) is 0.0769. The number of nitrogens with zero attached hydrogens (tertiary/aromatic N) is 1. The first kappa shape index (κ1) is 10.5. The van der Waals surface area contributed by atoms with Gasteiger partial charge < -0.3 is 5.73 Å². The lowest BCUT2D eigenvalue weighted by Gasteiger charge is -2.03. The maximum atomic E-state index is 10.5. The van der Waals surface area contributed by atoms with Crippen LogP contribution in [0.1, 0.15) is 15.9 Å². The molecule has 0 spiro atoms. The summed E-state index contributed by atoms with van der Waals surface area (Å²) in [4.78, 5) is 14.7. The van der Waals surface area contributed by atoms with E-state index in [-0.39, 0.29) is 0 Å². The van der Waals surface area contributed by atoms with Crippen LogP contribution in [-0.2, 0) is 6.54 Å². The van der Waals surface area contributed by atoms with Gasteiger partial charge in [0.2, 0.25) is 0 Å². The van der Waals surface area contributed by atoms with Crippen molar-refractivity contribution in [2.45, 2.75) is 6.54 Å². The second kappa shape index (κ2) is 4.68. The van der Waals surface area contributed by atoms with E-state index in [2.05, 4.69) is 4.98 Å². The van der Waals surface area contributed by atoms with E-state index < -0.39 is 0 Å². The molecule has 3 heteroatoms. The maximum absolute atomic E-state index is 10.5. The molecule has 2 N–H and O–H groups in total. The van der Waals surface area contributed by atoms with Crippen molar-refractivity contribution in [2.24, 2.45) is 5.73 Å². The zero-order valence-electron chi connectivity index (χ0n) is 8.76. The standard InChI is InChI=1S/C13H12N2O/c14-7-10-2-1-3-12(6-10)13-5-4-11(9-16)8-15-13/h1-6,8-9H,7,14H2. The van der Waals surface area contributed by atoms with Gasteiger partial charge in [0.25, 0.3) is 0 Å². The zero-order valence-corrected chi connectivity index (χ0v) is 8.76. The van der Waals surface area contributed by atoms with Crippen molar-refractivity contribution < 1.29 is 4.79 Å². The van der Waals surface area contributed by atoms with E-state index in [0.717, 1.165) is 23.1 Å². The first-order valence-corrected chi connectivity index (χ1v) is 5.04. The molecule has 0 atom stereocenters. The summed E-state index contributed by atoms with van der Waals surface area (Å²) >= 11 is 0. The number of hydrogen-bond donors (Lipinski definition) is 1. The predicted molar refractivity (Wildman–Crippen MR) is 63.0 cm³/mol. The summed E-state index contributed by atoms with van der Waals surface area (Å²) in [6.45, 7) is 0.514. The fourth-order valence-electron chi connectivity index (χ4n) is 1.50. The van der Waals surface area contributed by atoms with Crippen molar-refractivity contribution in [3.05, 3.63) is 53.7 Å². The van der Waals surface area contributed by atoms with Gasteiger partial charge in [0, 0.05) is 23.9 Å². The van der Waals surface area contributed by atoms with Gasteiger partial charge in [0.05, 0.1) is 5.69 Å². The van der Waals surface area contributed by atoms with Gasteiger partial charge in [-0.15, -0.1) is 0 Å². The minimum atomic E-state index is 0.514. The van der Waals surface area contributed by atoms with Gasteiger partial charge in [-0.3, -0.25) is 9.78 Å². The van der Waals surface area contributed by atoms with Gasteiger partial charge in [-0.1, -0.05) is 18.2 Å². The molecule has 80 valence electrons. The Morgan fingerprint density at radius 1 is 1.25 bits per heavy atom. The summed E-state index contributed by atoms with van der Waals surface area (Å²) in [5, 5.41) is 0. The third kappa shape index (κ3) is 2.15. The summed E-state index contributed by atoms with van der Waals surface area (Å²) in [5.74, 6) is 0. The molecule has 3 nitrogen and oxygen atoms in total. The normalized spacial score (nSPS) is 10.1. The van der Waals surface area contributed by atoms with Crippen LogP contribution in [0.5, 0.6) is 0 Å². The molecule has 0 aliphatic carbocycles. The minimum absolute atomic E-state index is 0.514. The monoisotopic (exact) mass is 212 g/mol. The minimum Gasteiger partial charge on any atom is -0.326 e. The van der Waals surface area contributed by atoms with E-state index in [4.69, 9.17) is 5.73 Å². The van der Waals surface area contributed by atoms with Gasteiger partial charge in [0.1, 0.15) is 0 Å². The lowest BCUT2D eigenvalue weighted by atomic mass is 10.1. The Morgan fingerprint density at radius 3 is 2.75 bits per heavy atom. The number of hydrogen-bond acceptors (Lipinski definition) is 3. The molecule has 0 amide bonds. The Labute approximate surface area is 93.9 Å². The first-order chi connectivity index (χ1) is 7.83. The lowest BCUT2D eigenvalue weighted by molar-refractivity contribution is 0.112. The van der Waals surface area contributed by atoms with Crippen molar-refractivity contribution in [1.29, 1.82) is 0 Å². The van der Waals surface area contributed by atoms with Gasteiger partial charge in [0.15, 0.2) is 6.29 Å². The molecule has 2 rings (SSSR count). The summed E-state index contributed by atoms with van der Waals surface area (Å²) in [5.41, 5.74) is 9.09. The molecular weight excluding hydrogens is 200 g/mol. The van der Waals surface area contributed by atoms with Gasteiger partial charge >= 0.3 is 0 Å². The molecule has 0 saturated carbocycles. The maximum Gasteiger partial charge on any atom is 0.151 e. The third-order valence-electron chi connectivity index (χ3n) is 2.38. The highest BCUT2D eigenvalue weighted by molar-refractivity contribution is 5.75. The van der Waals surface area contributed by atoms with Crippen LogP contribution in [0.25, 0.3) is 11.3 Å².